The molecular formula is C9H9N3O2. The summed E-state index contributed by atoms with van der Waals surface area (Å²) in [5.41, 5.74) is 7.05. The van der Waals surface area contributed by atoms with Crippen LogP contribution >= 0.6 is 0 Å². The van der Waals surface area contributed by atoms with Crippen LogP contribution in [0.2, 0.25) is 0 Å². The van der Waals surface area contributed by atoms with Gasteiger partial charge in [0.15, 0.2) is 0 Å². The highest BCUT2D eigenvalue weighted by atomic mass is 16.5. The van der Waals surface area contributed by atoms with E-state index in [0.29, 0.717) is 17.9 Å². The molecule has 1 amide bonds. The smallest absolute Gasteiger partial charge is 0.252 e. The van der Waals surface area contributed by atoms with Crippen molar-refractivity contribution in [3.05, 3.63) is 35.9 Å². The SMILES string of the molecule is NC(=O)c1cn[nH]c1C1=CC=COC1. The Morgan fingerprint density at radius 2 is 2.50 bits per heavy atom. The molecule has 0 spiro atoms. The number of nitrogens with two attached hydrogens (primary N) is 1. The van der Waals surface area contributed by atoms with Gasteiger partial charge in [-0.15, -0.1) is 0 Å². The summed E-state index contributed by atoms with van der Waals surface area (Å²) in [6.45, 7) is 0.416. The molecule has 1 aliphatic rings. The largest absolute Gasteiger partial charge is 0.496 e. The van der Waals surface area contributed by atoms with E-state index in [2.05, 4.69) is 10.2 Å². The maximum atomic E-state index is 11.0. The van der Waals surface area contributed by atoms with Gasteiger partial charge in [0.25, 0.3) is 5.91 Å². The maximum Gasteiger partial charge on any atom is 0.252 e. The van der Waals surface area contributed by atoms with E-state index in [1.165, 1.54) is 6.20 Å². The minimum atomic E-state index is -0.496. The van der Waals surface area contributed by atoms with Crippen molar-refractivity contribution in [1.82, 2.24) is 10.2 Å². The van der Waals surface area contributed by atoms with E-state index in [0.717, 1.165) is 5.57 Å². The second-order valence-corrected chi connectivity index (χ2v) is 2.85. The van der Waals surface area contributed by atoms with Gasteiger partial charge in [0, 0.05) is 5.57 Å². The zero-order valence-corrected chi connectivity index (χ0v) is 7.36. The number of aromatic amines is 1. The average Bonchev–Trinajstić information content (AvgIpc) is 2.67. The lowest BCUT2D eigenvalue weighted by Crippen LogP contribution is -2.13. The van der Waals surface area contributed by atoms with E-state index in [1.54, 1.807) is 12.3 Å². The summed E-state index contributed by atoms with van der Waals surface area (Å²) in [6.07, 6.45) is 6.61. The summed E-state index contributed by atoms with van der Waals surface area (Å²) < 4.78 is 5.09. The van der Waals surface area contributed by atoms with Gasteiger partial charge >= 0.3 is 0 Å². The van der Waals surface area contributed by atoms with Crippen LogP contribution in [0.5, 0.6) is 0 Å². The molecule has 1 aromatic rings. The number of primary amides is 1. The number of aromatic nitrogens is 2. The molecule has 72 valence electrons. The van der Waals surface area contributed by atoms with E-state index in [9.17, 15) is 4.79 Å². The predicted molar refractivity (Wildman–Crippen MR) is 50.2 cm³/mol. The molecule has 0 fully saturated rings. The fraction of sp³-hybridized carbons (Fsp3) is 0.111. The molecular weight excluding hydrogens is 182 g/mol. The number of nitrogens with zero attached hydrogens (tertiary/aromatic N) is 1. The van der Waals surface area contributed by atoms with Crippen molar-refractivity contribution < 1.29 is 9.53 Å². The van der Waals surface area contributed by atoms with Crippen molar-refractivity contribution in [2.75, 3.05) is 6.61 Å². The molecule has 3 N–H and O–H groups in total. The van der Waals surface area contributed by atoms with Gasteiger partial charge in [-0.1, -0.05) is 6.08 Å². The number of carbonyl (C=O) groups is 1. The Morgan fingerprint density at radius 1 is 1.64 bits per heavy atom. The number of H-pyrrole nitrogens is 1. The average molecular weight is 191 g/mol. The minimum absolute atomic E-state index is 0.384. The third-order valence-corrected chi connectivity index (χ3v) is 1.94. The van der Waals surface area contributed by atoms with Gasteiger partial charge < -0.3 is 10.5 Å². The van der Waals surface area contributed by atoms with Crippen LogP contribution in [-0.4, -0.2) is 22.7 Å². The first-order valence-corrected chi connectivity index (χ1v) is 4.10. The van der Waals surface area contributed by atoms with Gasteiger partial charge in [0.2, 0.25) is 0 Å². The molecule has 0 saturated heterocycles. The third-order valence-electron chi connectivity index (χ3n) is 1.94. The van der Waals surface area contributed by atoms with Crippen LogP contribution in [0.1, 0.15) is 16.1 Å². The predicted octanol–water partition coefficient (Wildman–Crippen LogP) is 0.436. The number of hydrogen-bond donors (Lipinski definition) is 2. The highest BCUT2D eigenvalue weighted by molar-refractivity contribution is 5.97. The molecule has 0 bridgehead atoms. The van der Waals surface area contributed by atoms with Gasteiger partial charge in [0.05, 0.1) is 23.7 Å². The number of carbonyl (C=O) groups excluding carboxylic acids is 1. The number of rotatable bonds is 2. The first-order chi connectivity index (χ1) is 6.79. The second kappa shape index (κ2) is 3.37. The molecule has 2 rings (SSSR count). The van der Waals surface area contributed by atoms with Crippen LogP contribution in [0.15, 0.2) is 24.6 Å². The molecule has 2 heterocycles. The Balaban J connectivity index is 2.40. The Labute approximate surface area is 80.2 Å². The van der Waals surface area contributed by atoms with Crippen LogP contribution in [-0.2, 0) is 4.74 Å². The molecule has 5 nitrogen and oxygen atoms in total. The highest BCUT2D eigenvalue weighted by Gasteiger charge is 2.15. The minimum Gasteiger partial charge on any atom is -0.496 e. The van der Waals surface area contributed by atoms with Crippen molar-refractivity contribution in [2.45, 2.75) is 0 Å². The van der Waals surface area contributed by atoms with Crippen LogP contribution < -0.4 is 5.73 Å². The zero-order valence-electron chi connectivity index (χ0n) is 7.36. The molecule has 0 saturated carbocycles. The molecule has 5 heteroatoms. The van der Waals surface area contributed by atoms with Crippen LogP contribution in [0.3, 0.4) is 0 Å². The van der Waals surface area contributed by atoms with E-state index in [4.69, 9.17) is 10.5 Å². The van der Waals surface area contributed by atoms with Crippen molar-refractivity contribution >= 4 is 11.5 Å². The van der Waals surface area contributed by atoms with Crippen molar-refractivity contribution in [3.63, 3.8) is 0 Å². The van der Waals surface area contributed by atoms with Gasteiger partial charge in [-0.05, 0) is 6.08 Å². The first-order valence-electron chi connectivity index (χ1n) is 4.10. The van der Waals surface area contributed by atoms with Crippen LogP contribution in [0, 0.1) is 0 Å². The molecule has 0 radical (unpaired) electrons. The van der Waals surface area contributed by atoms with Crippen molar-refractivity contribution in [2.24, 2.45) is 5.73 Å². The summed E-state index contributed by atoms with van der Waals surface area (Å²) in [4.78, 5) is 11.0. The van der Waals surface area contributed by atoms with Gasteiger partial charge in [0.1, 0.15) is 6.61 Å². The summed E-state index contributed by atoms with van der Waals surface area (Å²) in [6, 6.07) is 0. The fourth-order valence-corrected chi connectivity index (χ4v) is 1.27. The lowest BCUT2D eigenvalue weighted by molar-refractivity contribution is 0.1000. The number of allylic oxidation sites excluding steroid dienone is 2. The maximum absolute atomic E-state index is 11.0. The zero-order chi connectivity index (χ0) is 9.97. The summed E-state index contributed by atoms with van der Waals surface area (Å²) in [7, 11) is 0. The second-order valence-electron chi connectivity index (χ2n) is 2.85. The van der Waals surface area contributed by atoms with E-state index >= 15 is 0 Å². The van der Waals surface area contributed by atoms with Gasteiger partial charge in [-0.2, -0.15) is 5.10 Å². The van der Waals surface area contributed by atoms with Crippen molar-refractivity contribution in [3.8, 4) is 0 Å². The molecule has 0 unspecified atom stereocenters. The molecule has 14 heavy (non-hydrogen) atoms. The van der Waals surface area contributed by atoms with Gasteiger partial charge in [-0.25, -0.2) is 0 Å². The number of hydrogen-bond acceptors (Lipinski definition) is 3. The topological polar surface area (TPSA) is 81.0 Å². The molecule has 1 aliphatic heterocycles. The first kappa shape index (κ1) is 8.55. The van der Waals surface area contributed by atoms with Gasteiger partial charge in [-0.3, -0.25) is 9.89 Å². The number of ether oxygens (including phenoxy) is 1. The Bertz CT molecular complexity index is 417. The Hall–Kier alpha value is -2.04. The molecule has 1 aromatic heterocycles. The summed E-state index contributed by atoms with van der Waals surface area (Å²) in [5, 5.41) is 6.50. The quantitative estimate of drug-likeness (QED) is 0.711. The normalized spacial score (nSPS) is 14.7. The Morgan fingerprint density at radius 3 is 3.14 bits per heavy atom. The summed E-state index contributed by atoms with van der Waals surface area (Å²) in [5.74, 6) is -0.496. The van der Waals surface area contributed by atoms with Crippen LogP contribution in [0.4, 0.5) is 0 Å². The van der Waals surface area contributed by atoms with Crippen LogP contribution in [0.25, 0.3) is 5.57 Å². The van der Waals surface area contributed by atoms with E-state index < -0.39 is 5.91 Å². The highest BCUT2D eigenvalue weighted by Crippen LogP contribution is 2.18. The fourth-order valence-electron chi connectivity index (χ4n) is 1.27. The van der Waals surface area contributed by atoms with E-state index in [-0.39, 0.29) is 0 Å². The monoisotopic (exact) mass is 191 g/mol. The van der Waals surface area contributed by atoms with Crippen molar-refractivity contribution in [1.29, 1.82) is 0 Å². The Kier molecular flexibility index (Phi) is 2.06. The molecule has 0 aromatic carbocycles. The molecule has 0 aliphatic carbocycles. The number of nitrogens with one attached hydrogen (secondary N) is 1. The van der Waals surface area contributed by atoms with E-state index in [1.807, 2.05) is 6.08 Å². The summed E-state index contributed by atoms with van der Waals surface area (Å²) >= 11 is 0. The number of amides is 1. The lowest BCUT2D eigenvalue weighted by atomic mass is 10.1. The standard InChI is InChI=1S/C9H9N3O2/c10-9(13)7-4-11-12-8(7)6-2-1-3-14-5-6/h1-4H,5H2,(H2,10,13)(H,11,12). The lowest BCUT2D eigenvalue weighted by Gasteiger charge is -2.09. The molecule has 0 atom stereocenters. The third kappa shape index (κ3) is 1.39.